The van der Waals surface area contributed by atoms with Gasteiger partial charge in [0.05, 0.1) is 5.56 Å². The quantitative estimate of drug-likeness (QED) is 0.379. The van der Waals surface area contributed by atoms with E-state index in [1.165, 1.54) is 23.9 Å². The number of benzene rings is 2. The Morgan fingerprint density at radius 2 is 1.48 bits per heavy atom. The molecule has 21 heavy (non-hydrogen) atoms. The molecule has 0 unspecified atom stereocenters. The Morgan fingerprint density at radius 3 is 2.19 bits per heavy atom. The first-order chi connectivity index (χ1) is 8.65. The van der Waals surface area contributed by atoms with Crippen molar-refractivity contribution < 1.29 is 148 Å². The van der Waals surface area contributed by atoms with Crippen LogP contribution in [0, 0.1) is 132 Å². The first kappa shape index (κ1) is 23.3. The average molecular weight is 939 g/mol. The summed E-state index contributed by atoms with van der Waals surface area (Å²) < 4.78 is 0. The molecule has 0 aromatic heterocycles. The smallest absolute Gasteiger partial charge is 0.131 e. The van der Waals surface area contributed by atoms with E-state index < -0.39 is 0 Å². The van der Waals surface area contributed by atoms with Crippen LogP contribution in [0.2, 0.25) is 0 Å². The largest absolute Gasteiger partial charge is 0.508 e. The van der Waals surface area contributed by atoms with Crippen LogP contribution in [0.5, 0.6) is 11.5 Å². The molecule has 3 nitrogen and oxygen atoms in total. The van der Waals surface area contributed by atoms with E-state index >= 15 is 0 Å². The molecule has 1 aliphatic heterocycles. The second-order valence-corrected chi connectivity index (χ2v) is 5.09. The summed E-state index contributed by atoms with van der Waals surface area (Å²) >= 11 is 1.40. The first-order valence-electron chi connectivity index (χ1n) is 5.39. The van der Waals surface area contributed by atoms with Gasteiger partial charge in [-0.25, -0.2) is 0 Å². The minimum atomic E-state index is -0.126. The topological polar surface area (TPSA) is 60.7 Å². The number of fused-ring (bicyclic) bond motifs is 2. The molecule has 3 N–H and O–H groups in total. The summed E-state index contributed by atoms with van der Waals surface area (Å²) in [5.74, 6) is -0.148. The van der Waals surface area contributed by atoms with Crippen molar-refractivity contribution in [2.75, 3.05) is 0 Å². The normalized spacial score (nSPS) is 11.3. The number of hydrogen-bond donors (Lipinski definition) is 3. The van der Waals surface area contributed by atoms with Crippen molar-refractivity contribution in [1.82, 2.24) is 0 Å². The minimum Gasteiger partial charge on any atom is -0.508 e. The fraction of sp³-hybridized carbons (Fsp3) is 0. The zero-order valence-corrected chi connectivity index (χ0v) is 26.1. The number of phenols is 2. The Morgan fingerprint density at radius 1 is 0.810 bits per heavy atom. The summed E-state index contributed by atoms with van der Waals surface area (Å²) in [4.78, 5) is 1.60. The van der Waals surface area contributed by atoms with Crippen molar-refractivity contribution in [1.29, 1.82) is 0 Å². The van der Waals surface area contributed by atoms with Gasteiger partial charge in [-0.15, -0.1) is 0 Å². The Bertz CT molecular complexity index is 675. The molecule has 3 radical (unpaired) electrons. The van der Waals surface area contributed by atoms with Crippen LogP contribution < -0.4 is 0 Å². The number of aliphatic hydroxyl groups is 1. The Balaban J connectivity index is 0.00000133. The molecule has 7 heteroatoms. The maximum Gasteiger partial charge on any atom is 0.131 e. The second kappa shape index (κ2) is 10.3. The fourth-order valence-corrected chi connectivity index (χ4v) is 3.07. The maximum absolute atomic E-state index is 10.1. The van der Waals surface area contributed by atoms with Crippen LogP contribution in [0.4, 0.5) is 0 Å². The van der Waals surface area contributed by atoms with Crippen LogP contribution in [-0.2, 0) is 0 Å². The van der Waals surface area contributed by atoms with Crippen LogP contribution in [-0.4, -0.2) is 15.3 Å². The number of aliphatic hydroxyl groups excluding tert-OH is 1. The molecule has 1 heterocycles. The third-order valence-corrected chi connectivity index (χ3v) is 3.89. The Kier molecular flexibility index (Phi) is 11.4. The SMILES string of the molecule is OC1=Cc2ccccc2Sc2cc(O)cc(O)c21.[Ac].[Ac].[Ac]. The van der Waals surface area contributed by atoms with Gasteiger partial charge in [0.2, 0.25) is 0 Å². The fourth-order valence-electron chi connectivity index (χ4n) is 1.96. The molecular weight excluding hydrogens is 929 g/mol. The van der Waals surface area contributed by atoms with Crippen LogP contribution in [0.1, 0.15) is 11.1 Å². The van der Waals surface area contributed by atoms with E-state index in [1.807, 2.05) is 24.3 Å². The van der Waals surface area contributed by atoms with E-state index in [0.29, 0.717) is 10.5 Å². The van der Waals surface area contributed by atoms with Crippen LogP contribution in [0.15, 0.2) is 46.2 Å². The van der Waals surface area contributed by atoms with Crippen LogP contribution in [0.3, 0.4) is 0 Å². The third-order valence-electron chi connectivity index (χ3n) is 2.75. The monoisotopic (exact) mass is 939 g/mol. The van der Waals surface area contributed by atoms with Gasteiger partial charge >= 0.3 is 0 Å². The average Bonchev–Trinajstić information content (AvgIpc) is 2.43. The molecule has 2 aromatic rings. The molecule has 0 atom stereocenters. The molecule has 3 rings (SSSR count). The summed E-state index contributed by atoms with van der Waals surface area (Å²) in [5, 5.41) is 29.4. The van der Waals surface area contributed by atoms with Gasteiger partial charge in [-0.05, 0) is 23.8 Å². The summed E-state index contributed by atoms with van der Waals surface area (Å²) in [6.07, 6.45) is 1.62. The minimum absolute atomic E-state index is 0. The molecule has 99 valence electrons. The second-order valence-electron chi connectivity index (χ2n) is 4.01. The predicted molar refractivity (Wildman–Crippen MR) is 70.8 cm³/mol. The molecule has 0 fully saturated rings. The third kappa shape index (κ3) is 5.36. The number of rotatable bonds is 0. The van der Waals surface area contributed by atoms with Gasteiger partial charge in [-0.1, -0.05) is 30.0 Å². The van der Waals surface area contributed by atoms with E-state index in [-0.39, 0.29) is 149 Å². The molecular formula is C14H10Ac3O3S. The van der Waals surface area contributed by atoms with Gasteiger partial charge in [0.15, 0.2) is 0 Å². The van der Waals surface area contributed by atoms with E-state index in [4.69, 9.17) is 0 Å². The van der Waals surface area contributed by atoms with E-state index in [9.17, 15) is 15.3 Å². The summed E-state index contributed by atoms with van der Waals surface area (Å²) in [6, 6.07) is 10.4. The Hall–Kier alpha value is 2.25. The van der Waals surface area contributed by atoms with Crippen molar-refractivity contribution >= 4 is 23.6 Å². The first-order valence-corrected chi connectivity index (χ1v) is 6.20. The maximum atomic E-state index is 10.1. The summed E-state index contributed by atoms with van der Waals surface area (Å²) in [7, 11) is 0. The molecule has 2 aromatic carbocycles. The number of phenolic OH excluding ortho intramolecular Hbond substituents is 2. The molecule has 1 aliphatic rings. The van der Waals surface area contributed by atoms with Crippen molar-refractivity contribution in [3.8, 4) is 11.5 Å². The van der Waals surface area contributed by atoms with Gasteiger partial charge in [-0.2, -0.15) is 0 Å². The standard InChI is InChI=1S/C14H10O3S.3Ac/c15-9-6-11(17)14-10(16)5-8-3-1-2-4-12(8)18-13(14)7-9;;;/h1-7,15-17H;;;. The van der Waals surface area contributed by atoms with Crippen LogP contribution in [0.25, 0.3) is 11.8 Å². The van der Waals surface area contributed by atoms with Crippen molar-refractivity contribution in [2.24, 2.45) is 0 Å². The van der Waals surface area contributed by atoms with Gasteiger partial charge < -0.3 is 15.3 Å². The number of aromatic hydroxyl groups is 2. The predicted octanol–water partition coefficient (Wildman–Crippen LogP) is 3.62. The van der Waals surface area contributed by atoms with Crippen LogP contribution >= 0.6 is 11.8 Å². The summed E-state index contributed by atoms with van der Waals surface area (Å²) in [5.41, 5.74) is 1.24. The molecule has 0 saturated heterocycles. The van der Waals surface area contributed by atoms with Gasteiger partial charge in [0, 0.05) is 148 Å². The van der Waals surface area contributed by atoms with Crippen molar-refractivity contribution in [3.63, 3.8) is 0 Å². The zero-order valence-electron chi connectivity index (χ0n) is 11.0. The number of hydrogen-bond acceptors (Lipinski definition) is 4. The van der Waals surface area contributed by atoms with Gasteiger partial charge in [-0.3, -0.25) is 0 Å². The van der Waals surface area contributed by atoms with E-state index in [0.717, 1.165) is 10.5 Å². The van der Waals surface area contributed by atoms with Crippen molar-refractivity contribution in [2.45, 2.75) is 9.79 Å². The van der Waals surface area contributed by atoms with Gasteiger partial charge in [0.25, 0.3) is 0 Å². The molecule has 0 aliphatic carbocycles. The molecule has 0 amide bonds. The molecule has 0 saturated carbocycles. The summed E-state index contributed by atoms with van der Waals surface area (Å²) in [6.45, 7) is 0. The van der Waals surface area contributed by atoms with E-state index in [2.05, 4.69) is 0 Å². The Labute approximate surface area is 234 Å². The molecule has 0 spiro atoms. The molecule has 0 bridgehead atoms. The zero-order chi connectivity index (χ0) is 12.7. The van der Waals surface area contributed by atoms with E-state index in [1.54, 1.807) is 6.08 Å². The van der Waals surface area contributed by atoms with Gasteiger partial charge in [0.1, 0.15) is 17.3 Å². The van der Waals surface area contributed by atoms with Crippen molar-refractivity contribution in [3.05, 3.63) is 47.5 Å².